The fraction of sp³-hybridized carbons (Fsp3) is 0.286. The van der Waals surface area contributed by atoms with Crippen molar-refractivity contribution < 1.29 is 0 Å². The van der Waals surface area contributed by atoms with Crippen molar-refractivity contribution in [3.8, 4) is 0 Å². The van der Waals surface area contributed by atoms with Crippen LogP contribution in [0.4, 0.5) is 0 Å². The molecule has 0 saturated carbocycles. The predicted octanol–water partition coefficient (Wildman–Crippen LogP) is 8.53. The SMILES string of the molecule is C=C(/C=C\CC(=C)c1ccc(CC(C)(C)C)cc1)/C=C/c1ccccc1.CC. The van der Waals surface area contributed by atoms with E-state index in [9.17, 15) is 0 Å². The molecule has 0 aliphatic heterocycles. The fourth-order valence-corrected chi connectivity index (χ4v) is 2.76. The van der Waals surface area contributed by atoms with E-state index in [1.807, 2.05) is 38.1 Å². The largest absolute Gasteiger partial charge is 0.0949 e. The molecule has 2 aromatic rings. The van der Waals surface area contributed by atoms with E-state index in [0.717, 1.165) is 24.0 Å². The molecule has 148 valence electrons. The van der Waals surface area contributed by atoms with Gasteiger partial charge in [0.1, 0.15) is 0 Å². The van der Waals surface area contributed by atoms with Crippen molar-refractivity contribution in [1.29, 1.82) is 0 Å². The van der Waals surface area contributed by atoms with Crippen molar-refractivity contribution in [3.63, 3.8) is 0 Å². The van der Waals surface area contributed by atoms with Crippen LogP contribution in [0.15, 0.2) is 91.6 Å². The molecule has 0 aliphatic rings. The lowest BCUT2D eigenvalue weighted by Gasteiger charge is -2.18. The van der Waals surface area contributed by atoms with Gasteiger partial charge in [-0.1, -0.05) is 127 Å². The summed E-state index contributed by atoms with van der Waals surface area (Å²) >= 11 is 0. The highest BCUT2D eigenvalue weighted by molar-refractivity contribution is 5.65. The second-order valence-electron chi connectivity index (χ2n) is 7.96. The molecule has 0 unspecified atom stereocenters. The van der Waals surface area contributed by atoms with Gasteiger partial charge < -0.3 is 0 Å². The van der Waals surface area contributed by atoms with Gasteiger partial charge in [-0.2, -0.15) is 0 Å². The van der Waals surface area contributed by atoms with Crippen molar-refractivity contribution in [1.82, 2.24) is 0 Å². The van der Waals surface area contributed by atoms with Gasteiger partial charge in [-0.15, -0.1) is 0 Å². The van der Waals surface area contributed by atoms with Gasteiger partial charge in [-0.25, -0.2) is 0 Å². The average Bonchev–Trinajstić information content (AvgIpc) is 2.68. The van der Waals surface area contributed by atoms with E-state index in [0.29, 0.717) is 5.41 Å². The Labute approximate surface area is 173 Å². The van der Waals surface area contributed by atoms with E-state index in [4.69, 9.17) is 0 Å². The maximum atomic E-state index is 4.22. The molecule has 0 N–H and O–H groups in total. The minimum atomic E-state index is 0.314. The first kappa shape index (κ1) is 23.4. The maximum Gasteiger partial charge on any atom is -0.00941 e. The summed E-state index contributed by atoms with van der Waals surface area (Å²) in [4.78, 5) is 0. The minimum Gasteiger partial charge on any atom is -0.0949 e. The summed E-state index contributed by atoms with van der Waals surface area (Å²) in [7, 11) is 0. The number of rotatable bonds is 7. The summed E-state index contributed by atoms with van der Waals surface area (Å²) in [6, 6.07) is 19.1. The first-order valence-corrected chi connectivity index (χ1v) is 10.2. The first-order valence-electron chi connectivity index (χ1n) is 10.2. The van der Waals surface area contributed by atoms with Crippen molar-refractivity contribution >= 4 is 11.6 Å². The van der Waals surface area contributed by atoms with Gasteiger partial charge in [0.25, 0.3) is 0 Å². The zero-order chi connectivity index (χ0) is 21.0. The van der Waals surface area contributed by atoms with Crippen LogP contribution in [0.3, 0.4) is 0 Å². The highest BCUT2D eigenvalue weighted by atomic mass is 14.2. The third kappa shape index (κ3) is 9.37. The number of hydrogen-bond donors (Lipinski definition) is 0. The maximum absolute atomic E-state index is 4.22. The zero-order valence-corrected chi connectivity index (χ0v) is 18.3. The second-order valence-corrected chi connectivity index (χ2v) is 7.96. The predicted molar refractivity (Wildman–Crippen MR) is 128 cm³/mol. The average molecular weight is 373 g/mol. The Kier molecular flexibility index (Phi) is 10.0. The lowest BCUT2D eigenvalue weighted by Crippen LogP contribution is -2.08. The van der Waals surface area contributed by atoms with Crippen LogP contribution in [0, 0.1) is 5.41 Å². The highest BCUT2D eigenvalue weighted by Crippen LogP contribution is 2.23. The molecule has 0 amide bonds. The van der Waals surface area contributed by atoms with Gasteiger partial charge >= 0.3 is 0 Å². The molecular weight excluding hydrogens is 336 g/mol. The molecule has 0 spiro atoms. The van der Waals surface area contributed by atoms with E-state index in [2.05, 4.69) is 88.6 Å². The Morgan fingerprint density at radius 2 is 1.46 bits per heavy atom. The van der Waals surface area contributed by atoms with Crippen LogP contribution in [0.25, 0.3) is 11.6 Å². The summed E-state index contributed by atoms with van der Waals surface area (Å²) in [6.07, 6.45) is 10.2. The van der Waals surface area contributed by atoms with E-state index < -0.39 is 0 Å². The molecule has 0 heterocycles. The second kappa shape index (κ2) is 12.0. The molecule has 0 radical (unpaired) electrons. The molecule has 0 atom stereocenters. The molecule has 0 aliphatic carbocycles. The zero-order valence-electron chi connectivity index (χ0n) is 18.3. The molecule has 0 aromatic heterocycles. The van der Waals surface area contributed by atoms with Crippen molar-refractivity contribution in [2.24, 2.45) is 5.41 Å². The molecule has 0 saturated heterocycles. The first-order chi connectivity index (χ1) is 13.3. The normalized spacial score (nSPS) is 11.3. The third-order valence-electron chi connectivity index (χ3n) is 4.08. The van der Waals surface area contributed by atoms with Gasteiger partial charge in [0, 0.05) is 0 Å². The Morgan fingerprint density at radius 3 is 2.04 bits per heavy atom. The van der Waals surface area contributed by atoms with Crippen LogP contribution in [0.5, 0.6) is 0 Å². The van der Waals surface area contributed by atoms with E-state index in [1.165, 1.54) is 16.7 Å². The Morgan fingerprint density at radius 1 is 0.857 bits per heavy atom. The topological polar surface area (TPSA) is 0 Å². The van der Waals surface area contributed by atoms with Crippen LogP contribution in [-0.2, 0) is 6.42 Å². The summed E-state index contributed by atoms with van der Waals surface area (Å²) < 4.78 is 0. The molecule has 0 nitrogen and oxygen atoms in total. The van der Waals surface area contributed by atoms with Crippen LogP contribution in [0.1, 0.15) is 57.7 Å². The Hall–Kier alpha value is -2.60. The molecule has 0 heteroatoms. The molecular formula is C28H36. The number of benzene rings is 2. The smallest absolute Gasteiger partial charge is 0.00941 e. The minimum absolute atomic E-state index is 0.314. The van der Waals surface area contributed by atoms with Gasteiger partial charge in [-0.05, 0) is 46.1 Å². The molecule has 28 heavy (non-hydrogen) atoms. The summed E-state index contributed by atoms with van der Waals surface area (Å²) in [5, 5.41) is 0. The van der Waals surface area contributed by atoms with Crippen LogP contribution in [-0.4, -0.2) is 0 Å². The van der Waals surface area contributed by atoms with Gasteiger partial charge in [0.05, 0.1) is 0 Å². The van der Waals surface area contributed by atoms with E-state index >= 15 is 0 Å². The number of allylic oxidation sites excluding steroid dienone is 5. The molecule has 0 bridgehead atoms. The lowest BCUT2D eigenvalue weighted by atomic mass is 9.87. The van der Waals surface area contributed by atoms with E-state index in [-0.39, 0.29) is 0 Å². The van der Waals surface area contributed by atoms with Crippen molar-refractivity contribution in [3.05, 3.63) is 108 Å². The summed E-state index contributed by atoms with van der Waals surface area (Å²) in [6.45, 7) is 19.1. The van der Waals surface area contributed by atoms with Crippen molar-refractivity contribution in [2.75, 3.05) is 0 Å². The summed E-state index contributed by atoms with van der Waals surface area (Å²) in [5.41, 5.74) is 6.20. The quantitative estimate of drug-likeness (QED) is 0.427. The van der Waals surface area contributed by atoms with Gasteiger partial charge in [0.2, 0.25) is 0 Å². The molecule has 0 fully saturated rings. The fourth-order valence-electron chi connectivity index (χ4n) is 2.76. The van der Waals surface area contributed by atoms with Gasteiger partial charge in [-0.3, -0.25) is 0 Å². The van der Waals surface area contributed by atoms with Crippen molar-refractivity contribution in [2.45, 2.75) is 47.5 Å². The standard InChI is InChI=1S/C26H30.C2H6/c1-21(14-15-23-12-7-6-8-13-23)10-9-11-22(2)25-18-16-24(17-19-25)20-26(3,4)5;1-2/h6-10,12-19H,1-2,11,20H2,3-5H3;1-2H3/b10-9-,15-14+;. The van der Waals surface area contributed by atoms with E-state index in [1.54, 1.807) is 0 Å². The highest BCUT2D eigenvalue weighted by Gasteiger charge is 2.11. The van der Waals surface area contributed by atoms with Crippen LogP contribution < -0.4 is 0 Å². The monoisotopic (exact) mass is 372 g/mol. The summed E-state index contributed by atoms with van der Waals surface area (Å²) in [5.74, 6) is 0. The van der Waals surface area contributed by atoms with Gasteiger partial charge in [0.15, 0.2) is 0 Å². The van der Waals surface area contributed by atoms with Crippen LogP contribution >= 0.6 is 0 Å². The van der Waals surface area contributed by atoms with Crippen LogP contribution in [0.2, 0.25) is 0 Å². The Bertz CT molecular complexity index is 778. The third-order valence-corrected chi connectivity index (χ3v) is 4.08. The number of hydrogen-bond acceptors (Lipinski definition) is 0. The Balaban J connectivity index is 0.00000190. The molecule has 2 aromatic carbocycles. The molecule has 2 rings (SSSR count). The lowest BCUT2D eigenvalue weighted by molar-refractivity contribution is 0.411.